The summed E-state index contributed by atoms with van der Waals surface area (Å²) in [6.07, 6.45) is 0. The average Bonchev–Trinajstić information content (AvgIpc) is 2.03. The molecule has 1 rings (SSSR count). The first-order valence-corrected chi connectivity index (χ1v) is 4.33. The molecular formula is C6H8Cl3N3O3. The summed E-state index contributed by atoms with van der Waals surface area (Å²) in [5.74, 6) is 8.00. The van der Waals surface area contributed by atoms with Crippen LogP contribution < -0.4 is 11.7 Å². The predicted octanol–water partition coefficient (Wildman–Crippen LogP) is 2.12. The maximum Gasteiger partial charge on any atom is 0.291 e. The second kappa shape index (κ2) is 9.75. The highest BCUT2D eigenvalue weighted by atomic mass is 35.5. The van der Waals surface area contributed by atoms with Gasteiger partial charge in [0, 0.05) is 15.1 Å². The highest BCUT2D eigenvalue weighted by Gasteiger charge is 1.92. The molecule has 0 amide bonds. The minimum absolute atomic E-state index is 0.563. The van der Waals surface area contributed by atoms with Crippen molar-refractivity contribution in [3.8, 4) is 0 Å². The molecule has 0 heterocycles. The van der Waals surface area contributed by atoms with Crippen LogP contribution in [0.1, 0.15) is 0 Å². The van der Waals surface area contributed by atoms with E-state index in [0.717, 1.165) is 0 Å². The fourth-order valence-electron chi connectivity index (χ4n) is 0.520. The lowest BCUT2D eigenvalue weighted by Crippen LogP contribution is -2.02. The molecule has 0 unspecified atom stereocenters. The standard InChI is InChI=1S/C6H3Cl3.H4N2.HNO3/c7-4-1-5(8)3-6(9)2-4;1-2;2-1(3)4/h1-3H;1-2H2;(H,2,3,4). The minimum atomic E-state index is -1.50. The monoisotopic (exact) mass is 275 g/mol. The molecule has 1 aromatic rings. The zero-order chi connectivity index (χ0) is 12.4. The molecule has 0 spiro atoms. The van der Waals surface area contributed by atoms with Gasteiger partial charge in [0.15, 0.2) is 0 Å². The number of nitrogens with zero attached hydrogens (tertiary/aromatic N) is 1. The van der Waals surface area contributed by atoms with Crippen LogP contribution in [-0.4, -0.2) is 10.3 Å². The Kier molecular flexibility index (Phi) is 10.8. The number of hydrogen-bond donors (Lipinski definition) is 3. The Morgan fingerprint density at radius 3 is 1.33 bits per heavy atom. The maximum absolute atomic E-state index is 8.36. The Hall–Kier alpha value is -0.790. The number of hydrazine groups is 1. The van der Waals surface area contributed by atoms with Gasteiger partial charge in [-0.15, -0.1) is 10.1 Å². The lowest BCUT2D eigenvalue weighted by molar-refractivity contribution is -0.742. The van der Waals surface area contributed by atoms with Gasteiger partial charge in [-0.1, -0.05) is 34.8 Å². The van der Waals surface area contributed by atoms with Crippen molar-refractivity contribution in [2.45, 2.75) is 0 Å². The van der Waals surface area contributed by atoms with E-state index in [2.05, 4.69) is 11.7 Å². The molecule has 0 bridgehead atoms. The summed E-state index contributed by atoms with van der Waals surface area (Å²) in [7, 11) is 0. The van der Waals surface area contributed by atoms with Crippen LogP contribution in [0.25, 0.3) is 0 Å². The summed E-state index contributed by atoms with van der Waals surface area (Å²) in [5, 5.41) is 15.3. The summed E-state index contributed by atoms with van der Waals surface area (Å²) in [4.78, 5) is 8.36. The first-order valence-electron chi connectivity index (χ1n) is 3.20. The maximum atomic E-state index is 8.36. The number of rotatable bonds is 0. The summed E-state index contributed by atoms with van der Waals surface area (Å²) >= 11 is 16.7. The van der Waals surface area contributed by atoms with Crippen LogP contribution in [0.2, 0.25) is 15.1 Å². The molecule has 0 atom stereocenters. The van der Waals surface area contributed by atoms with Crippen molar-refractivity contribution < 1.29 is 10.3 Å². The first kappa shape index (κ1) is 16.6. The van der Waals surface area contributed by atoms with Gasteiger partial charge in [-0.05, 0) is 18.2 Å². The molecule has 0 fully saturated rings. The Labute approximate surface area is 100 Å². The Bertz CT molecular complexity index is 256. The smallest absolute Gasteiger partial charge is 0.291 e. The van der Waals surface area contributed by atoms with Crippen LogP contribution >= 0.6 is 34.8 Å². The minimum Gasteiger partial charge on any atom is -0.328 e. The van der Waals surface area contributed by atoms with Crippen molar-refractivity contribution >= 4 is 34.8 Å². The van der Waals surface area contributed by atoms with Gasteiger partial charge in [-0.2, -0.15) is 0 Å². The van der Waals surface area contributed by atoms with Gasteiger partial charge >= 0.3 is 0 Å². The van der Waals surface area contributed by atoms with E-state index in [1.54, 1.807) is 18.2 Å². The number of hydrogen-bond acceptors (Lipinski definition) is 4. The molecule has 0 aliphatic rings. The zero-order valence-electron chi connectivity index (χ0n) is 7.23. The van der Waals surface area contributed by atoms with E-state index < -0.39 is 5.09 Å². The second-order valence-corrected chi connectivity index (χ2v) is 3.13. The molecule has 15 heavy (non-hydrogen) atoms. The molecule has 0 saturated heterocycles. The lowest BCUT2D eigenvalue weighted by Gasteiger charge is -1.91. The number of nitrogens with two attached hydrogens (primary N) is 2. The van der Waals surface area contributed by atoms with Crippen molar-refractivity contribution in [1.82, 2.24) is 0 Å². The van der Waals surface area contributed by atoms with Crippen molar-refractivity contribution in [1.29, 1.82) is 0 Å². The quantitative estimate of drug-likeness (QED) is 0.381. The molecule has 1 aromatic carbocycles. The van der Waals surface area contributed by atoms with Crippen molar-refractivity contribution in [2.75, 3.05) is 0 Å². The number of halogens is 3. The topological polar surface area (TPSA) is 115 Å². The Morgan fingerprint density at radius 1 is 1.07 bits per heavy atom. The number of benzene rings is 1. The summed E-state index contributed by atoms with van der Waals surface area (Å²) in [5.41, 5.74) is 0. The fourth-order valence-corrected chi connectivity index (χ4v) is 1.39. The highest BCUT2D eigenvalue weighted by molar-refractivity contribution is 6.38. The third kappa shape index (κ3) is 13.2. The summed E-state index contributed by atoms with van der Waals surface area (Å²) in [6, 6.07) is 4.90. The van der Waals surface area contributed by atoms with E-state index in [1.165, 1.54) is 0 Å². The summed E-state index contributed by atoms with van der Waals surface area (Å²) in [6.45, 7) is 0. The predicted molar refractivity (Wildman–Crippen MR) is 58.6 cm³/mol. The molecule has 5 N–H and O–H groups in total. The molecule has 9 heteroatoms. The van der Waals surface area contributed by atoms with Crippen LogP contribution in [0.5, 0.6) is 0 Å². The van der Waals surface area contributed by atoms with Gasteiger partial charge in [-0.3, -0.25) is 11.7 Å². The SMILES string of the molecule is Clc1cc(Cl)cc(Cl)c1.NN.O=[N+]([O-])O. The lowest BCUT2D eigenvalue weighted by atomic mass is 10.4. The Morgan fingerprint density at radius 2 is 1.20 bits per heavy atom. The third-order valence-corrected chi connectivity index (χ3v) is 1.48. The van der Waals surface area contributed by atoms with E-state index in [9.17, 15) is 0 Å². The van der Waals surface area contributed by atoms with E-state index in [0.29, 0.717) is 15.1 Å². The van der Waals surface area contributed by atoms with Crippen LogP contribution in [0.4, 0.5) is 0 Å². The van der Waals surface area contributed by atoms with Crippen LogP contribution in [0, 0.1) is 10.1 Å². The van der Waals surface area contributed by atoms with Gasteiger partial charge in [0.05, 0.1) is 0 Å². The first-order chi connectivity index (χ1) is 6.91. The molecular weight excluding hydrogens is 268 g/mol. The molecule has 0 radical (unpaired) electrons. The highest BCUT2D eigenvalue weighted by Crippen LogP contribution is 2.21. The van der Waals surface area contributed by atoms with Gasteiger partial charge in [0.25, 0.3) is 5.09 Å². The van der Waals surface area contributed by atoms with E-state index in [-0.39, 0.29) is 0 Å². The van der Waals surface area contributed by atoms with E-state index in [4.69, 9.17) is 50.1 Å². The van der Waals surface area contributed by atoms with Crippen LogP contribution in [0.15, 0.2) is 18.2 Å². The van der Waals surface area contributed by atoms with Crippen molar-refractivity contribution in [2.24, 2.45) is 11.7 Å². The Balaban J connectivity index is 0. The van der Waals surface area contributed by atoms with Gasteiger partial charge < -0.3 is 5.21 Å². The molecule has 6 nitrogen and oxygen atoms in total. The third-order valence-electron chi connectivity index (χ3n) is 0.827. The van der Waals surface area contributed by atoms with E-state index >= 15 is 0 Å². The molecule has 0 aromatic heterocycles. The molecule has 86 valence electrons. The molecule has 0 saturated carbocycles. The normalized spacial score (nSPS) is 7.80. The van der Waals surface area contributed by atoms with Crippen LogP contribution in [0.3, 0.4) is 0 Å². The summed E-state index contributed by atoms with van der Waals surface area (Å²) < 4.78 is 0. The molecule has 0 aliphatic heterocycles. The van der Waals surface area contributed by atoms with Crippen LogP contribution in [-0.2, 0) is 0 Å². The second-order valence-electron chi connectivity index (χ2n) is 1.83. The van der Waals surface area contributed by atoms with E-state index in [1.807, 2.05) is 0 Å². The average molecular weight is 277 g/mol. The fraction of sp³-hybridized carbons (Fsp3) is 0. The van der Waals surface area contributed by atoms with Crippen molar-refractivity contribution in [3.05, 3.63) is 43.4 Å². The van der Waals surface area contributed by atoms with Gasteiger partial charge in [-0.25, -0.2) is 0 Å². The van der Waals surface area contributed by atoms with Gasteiger partial charge in [0.1, 0.15) is 0 Å². The zero-order valence-corrected chi connectivity index (χ0v) is 9.50. The largest absolute Gasteiger partial charge is 0.328 e. The van der Waals surface area contributed by atoms with Crippen molar-refractivity contribution in [3.63, 3.8) is 0 Å². The molecule has 0 aliphatic carbocycles. The van der Waals surface area contributed by atoms with Gasteiger partial charge in [0.2, 0.25) is 0 Å².